The minimum Gasteiger partial charge on any atom is -0.171 e. The summed E-state index contributed by atoms with van der Waals surface area (Å²) in [4.78, 5) is 0. The van der Waals surface area contributed by atoms with Gasteiger partial charge in [0.25, 0.3) is 0 Å². The van der Waals surface area contributed by atoms with Crippen molar-refractivity contribution in [2.75, 3.05) is 0 Å². The molecule has 1 aliphatic carbocycles. The van der Waals surface area contributed by atoms with Gasteiger partial charge >= 0.3 is 6.18 Å². The average Bonchev–Trinajstić information content (AvgIpc) is 1.92. The molecule has 0 radical (unpaired) electrons. The van der Waals surface area contributed by atoms with Crippen molar-refractivity contribution in [1.29, 1.82) is 0 Å². The number of hydrogen-bond donors (Lipinski definition) is 0. The first-order chi connectivity index (χ1) is 5.43. The monoisotopic (exact) mass is 180 g/mol. The van der Waals surface area contributed by atoms with Gasteiger partial charge in [-0.2, -0.15) is 13.2 Å². The molecule has 1 aliphatic rings. The predicted octanol–water partition coefficient (Wildman–Crippen LogP) is 3.62. The zero-order valence-electron chi connectivity index (χ0n) is 7.49. The van der Waals surface area contributed by atoms with Crippen molar-refractivity contribution in [1.82, 2.24) is 0 Å². The minimum absolute atomic E-state index is 0.196. The maximum atomic E-state index is 12.4. The van der Waals surface area contributed by atoms with Crippen LogP contribution in [0.2, 0.25) is 0 Å². The van der Waals surface area contributed by atoms with E-state index < -0.39 is 12.1 Å². The molecule has 12 heavy (non-hydrogen) atoms. The first-order valence-corrected chi connectivity index (χ1v) is 4.49. The predicted molar refractivity (Wildman–Crippen MR) is 41.7 cm³/mol. The van der Waals surface area contributed by atoms with Crippen molar-refractivity contribution in [3.63, 3.8) is 0 Å². The lowest BCUT2D eigenvalue weighted by molar-refractivity contribution is -0.199. The van der Waals surface area contributed by atoms with Gasteiger partial charge in [0.15, 0.2) is 0 Å². The lowest BCUT2D eigenvalue weighted by Crippen LogP contribution is -2.35. The summed E-state index contributed by atoms with van der Waals surface area (Å²) in [6.07, 6.45) is -1.97. The van der Waals surface area contributed by atoms with Crippen molar-refractivity contribution < 1.29 is 13.2 Å². The Morgan fingerprint density at radius 1 is 1.08 bits per heavy atom. The van der Waals surface area contributed by atoms with E-state index in [4.69, 9.17) is 0 Å². The molecule has 0 aromatic rings. The average molecular weight is 180 g/mol. The Labute approximate surface area is 71.1 Å². The van der Waals surface area contributed by atoms with Gasteiger partial charge in [-0.1, -0.05) is 26.7 Å². The fraction of sp³-hybridized carbons (Fsp3) is 1.00. The Kier molecular flexibility index (Phi) is 2.69. The van der Waals surface area contributed by atoms with Gasteiger partial charge in [0, 0.05) is 0 Å². The minimum atomic E-state index is -3.98. The lowest BCUT2D eigenvalue weighted by Gasteiger charge is -2.35. The van der Waals surface area contributed by atoms with Crippen LogP contribution < -0.4 is 0 Å². The van der Waals surface area contributed by atoms with E-state index in [2.05, 4.69) is 0 Å². The second-order valence-corrected chi connectivity index (χ2v) is 3.92. The molecule has 0 N–H and O–H groups in total. The molecule has 0 saturated heterocycles. The highest BCUT2D eigenvalue weighted by Gasteiger charge is 2.45. The van der Waals surface area contributed by atoms with E-state index in [9.17, 15) is 13.2 Å². The summed E-state index contributed by atoms with van der Waals surface area (Å²) in [5.41, 5.74) is 0. The van der Waals surface area contributed by atoms with Gasteiger partial charge in [-0.15, -0.1) is 0 Å². The zero-order valence-corrected chi connectivity index (χ0v) is 7.49. The second-order valence-electron chi connectivity index (χ2n) is 3.92. The van der Waals surface area contributed by atoms with Gasteiger partial charge in [0.2, 0.25) is 0 Å². The van der Waals surface area contributed by atoms with Gasteiger partial charge in [-0.25, -0.2) is 0 Å². The summed E-state index contributed by atoms with van der Waals surface area (Å²) in [5, 5.41) is 0. The van der Waals surface area contributed by atoms with Gasteiger partial charge < -0.3 is 0 Å². The SMILES string of the molecule is CC1CCCC(C(F)(F)F)[C@H]1C. The summed E-state index contributed by atoms with van der Waals surface area (Å²) >= 11 is 0. The largest absolute Gasteiger partial charge is 0.392 e. The van der Waals surface area contributed by atoms with E-state index >= 15 is 0 Å². The molecular formula is C9H15F3. The molecule has 0 aliphatic heterocycles. The van der Waals surface area contributed by atoms with Gasteiger partial charge in [-0.3, -0.25) is 0 Å². The van der Waals surface area contributed by atoms with Crippen LogP contribution in [0.15, 0.2) is 0 Å². The van der Waals surface area contributed by atoms with E-state index in [0.717, 1.165) is 12.8 Å². The maximum absolute atomic E-state index is 12.4. The fourth-order valence-corrected chi connectivity index (χ4v) is 2.04. The zero-order chi connectivity index (χ0) is 9.35. The molecule has 0 aromatic carbocycles. The maximum Gasteiger partial charge on any atom is 0.392 e. The Morgan fingerprint density at radius 2 is 1.67 bits per heavy atom. The molecular weight excluding hydrogens is 165 g/mol. The molecule has 1 rings (SSSR count). The van der Waals surface area contributed by atoms with Crippen LogP contribution in [-0.2, 0) is 0 Å². The molecule has 0 heterocycles. The summed E-state index contributed by atoms with van der Waals surface area (Å²) in [6, 6.07) is 0. The second kappa shape index (κ2) is 3.27. The molecule has 2 unspecified atom stereocenters. The quantitative estimate of drug-likeness (QED) is 0.534. The fourth-order valence-electron chi connectivity index (χ4n) is 2.04. The summed E-state index contributed by atoms with van der Waals surface area (Å²) in [6.45, 7) is 3.64. The van der Waals surface area contributed by atoms with Crippen molar-refractivity contribution >= 4 is 0 Å². The van der Waals surface area contributed by atoms with Crippen molar-refractivity contribution in [3.8, 4) is 0 Å². The number of alkyl halides is 3. The highest BCUT2D eigenvalue weighted by Crippen LogP contribution is 2.43. The highest BCUT2D eigenvalue weighted by molar-refractivity contribution is 4.81. The molecule has 3 atom stereocenters. The Morgan fingerprint density at radius 3 is 2.08 bits per heavy atom. The van der Waals surface area contributed by atoms with Gasteiger partial charge in [0.1, 0.15) is 0 Å². The van der Waals surface area contributed by atoms with Crippen LogP contribution in [0.1, 0.15) is 33.1 Å². The molecule has 0 nitrogen and oxygen atoms in total. The van der Waals surface area contributed by atoms with Crippen LogP contribution in [0.3, 0.4) is 0 Å². The van der Waals surface area contributed by atoms with Crippen molar-refractivity contribution in [3.05, 3.63) is 0 Å². The number of rotatable bonds is 0. The summed E-state index contributed by atoms with van der Waals surface area (Å²) in [7, 11) is 0. The third kappa shape index (κ3) is 1.93. The molecule has 1 fully saturated rings. The van der Waals surface area contributed by atoms with Crippen LogP contribution in [0.25, 0.3) is 0 Å². The Bertz CT molecular complexity index is 150. The summed E-state index contributed by atoms with van der Waals surface area (Å²) < 4.78 is 37.1. The molecule has 1 saturated carbocycles. The van der Waals surface area contributed by atoms with Crippen LogP contribution in [0.5, 0.6) is 0 Å². The van der Waals surface area contributed by atoms with Crippen LogP contribution >= 0.6 is 0 Å². The van der Waals surface area contributed by atoms with Gasteiger partial charge in [-0.05, 0) is 18.3 Å². The van der Waals surface area contributed by atoms with Crippen LogP contribution in [0.4, 0.5) is 13.2 Å². The van der Waals surface area contributed by atoms with Crippen LogP contribution in [-0.4, -0.2) is 6.18 Å². The molecule has 3 heteroatoms. The summed E-state index contributed by atoms with van der Waals surface area (Å²) in [5.74, 6) is -1.02. The number of halogens is 3. The molecule has 0 spiro atoms. The number of hydrogen-bond acceptors (Lipinski definition) is 0. The van der Waals surface area contributed by atoms with E-state index in [-0.39, 0.29) is 11.8 Å². The smallest absolute Gasteiger partial charge is 0.171 e. The lowest BCUT2D eigenvalue weighted by atomic mass is 9.73. The Balaban J connectivity index is 2.64. The first-order valence-electron chi connectivity index (χ1n) is 4.49. The van der Waals surface area contributed by atoms with Crippen molar-refractivity contribution in [2.24, 2.45) is 17.8 Å². The van der Waals surface area contributed by atoms with Crippen LogP contribution in [0, 0.1) is 17.8 Å². The topological polar surface area (TPSA) is 0 Å². The standard InChI is InChI=1S/C9H15F3/c1-6-4-3-5-8(7(6)2)9(10,11)12/h6-8H,3-5H2,1-2H3/t6?,7-,8?/m0/s1. The molecule has 0 aromatic heterocycles. The van der Waals surface area contributed by atoms with E-state index in [1.165, 1.54) is 0 Å². The third-order valence-corrected chi connectivity index (χ3v) is 3.13. The first kappa shape index (κ1) is 9.87. The molecule has 0 bridgehead atoms. The third-order valence-electron chi connectivity index (χ3n) is 3.13. The molecule has 72 valence electrons. The van der Waals surface area contributed by atoms with E-state index in [1.807, 2.05) is 6.92 Å². The van der Waals surface area contributed by atoms with Crippen molar-refractivity contribution in [2.45, 2.75) is 39.3 Å². The van der Waals surface area contributed by atoms with E-state index in [0.29, 0.717) is 6.42 Å². The van der Waals surface area contributed by atoms with E-state index in [1.54, 1.807) is 6.92 Å². The Hall–Kier alpha value is -0.210. The molecule has 0 amide bonds. The normalized spacial score (nSPS) is 38.2. The highest BCUT2D eigenvalue weighted by atomic mass is 19.4. The van der Waals surface area contributed by atoms with Gasteiger partial charge in [0.05, 0.1) is 5.92 Å².